The van der Waals surface area contributed by atoms with Crippen LogP contribution in [0.15, 0.2) is 0 Å². The van der Waals surface area contributed by atoms with E-state index >= 15 is 0 Å². The first kappa shape index (κ1) is 15.3. The third-order valence-electron chi connectivity index (χ3n) is 4.89. The van der Waals surface area contributed by atoms with Gasteiger partial charge >= 0.3 is 0 Å². The minimum atomic E-state index is 0.749. The van der Waals surface area contributed by atoms with E-state index in [2.05, 4.69) is 29.0 Å². The normalized spacial score (nSPS) is 27.8. The fraction of sp³-hybridized carbons (Fsp3) is 1.00. The standard InChI is InChI=1S/C16H33N3/c1-3-9-17-10-7-15(2)19-13-8-16(14-19)18-11-5-4-6-12-18/h15-17H,3-14H2,1-2H3. The minimum Gasteiger partial charge on any atom is -0.317 e. The Morgan fingerprint density at radius 3 is 2.63 bits per heavy atom. The van der Waals surface area contributed by atoms with Crippen molar-refractivity contribution >= 4 is 0 Å². The lowest BCUT2D eigenvalue weighted by Gasteiger charge is -2.33. The highest BCUT2D eigenvalue weighted by Gasteiger charge is 2.30. The first-order chi connectivity index (χ1) is 9.31. The van der Waals surface area contributed by atoms with Crippen LogP contribution < -0.4 is 5.32 Å². The molecule has 3 nitrogen and oxygen atoms in total. The number of nitrogens with one attached hydrogen (secondary N) is 1. The second kappa shape index (κ2) is 8.23. The average Bonchev–Trinajstić information content (AvgIpc) is 2.94. The predicted molar refractivity (Wildman–Crippen MR) is 82.6 cm³/mol. The molecule has 2 heterocycles. The number of piperidine rings is 1. The highest BCUT2D eigenvalue weighted by Crippen LogP contribution is 2.22. The van der Waals surface area contributed by atoms with Crippen molar-refractivity contribution in [2.24, 2.45) is 0 Å². The van der Waals surface area contributed by atoms with Gasteiger partial charge in [-0.05, 0) is 65.2 Å². The smallest absolute Gasteiger partial charge is 0.0235 e. The van der Waals surface area contributed by atoms with Crippen LogP contribution >= 0.6 is 0 Å². The summed E-state index contributed by atoms with van der Waals surface area (Å²) < 4.78 is 0. The molecule has 1 N–H and O–H groups in total. The zero-order chi connectivity index (χ0) is 13.5. The maximum atomic E-state index is 3.53. The SMILES string of the molecule is CCCNCCC(C)N1CCC(N2CCCCC2)C1. The van der Waals surface area contributed by atoms with Crippen molar-refractivity contribution in [1.29, 1.82) is 0 Å². The first-order valence-corrected chi connectivity index (χ1v) is 8.50. The molecular weight excluding hydrogens is 234 g/mol. The van der Waals surface area contributed by atoms with Gasteiger partial charge in [0.05, 0.1) is 0 Å². The minimum absolute atomic E-state index is 0.749. The van der Waals surface area contributed by atoms with E-state index in [0.29, 0.717) is 0 Å². The molecule has 2 fully saturated rings. The summed E-state index contributed by atoms with van der Waals surface area (Å²) >= 11 is 0. The van der Waals surface area contributed by atoms with Crippen LogP contribution in [-0.4, -0.2) is 61.2 Å². The summed E-state index contributed by atoms with van der Waals surface area (Å²) in [6.07, 6.45) is 8.24. The molecule has 112 valence electrons. The Morgan fingerprint density at radius 1 is 1.11 bits per heavy atom. The Morgan fingerprint density at radius 2 is 1.89 bits per heavy atom. The predicted octanol–water partition coefficient (Wildman–Crippen LogP) is 2.32. The summed E-state index contributed by atoms with van der Waals surface area (Å²) in [5.41, 5.74) is 0. The third kappa shape index (κ3) is 4.73. The van der Waals surface area contributed by atoms with Gasteiger partial charge in [-0.3, -0.25) is 9.80 Å². The topological polar surface area (TPSA) is 18.5 Å². The number of nitrogens with zero attached hydrogens (tertiary/aromatic N) is 2. The van der Waals surface area contributed by atoms with E-state index in [1.165, 1.54) is 77.8 Å². The molecule has 0 aromatic carbocycles. The van der Waals surface area contributed by atoms with Crippen LogP contribution in [0.2, 0.25) is 0 Å². The molecule has 0 bridgehead atoms. The molecule has 2 aliphatic rings. The first-order valence-electron chi connectivity index (χ1n) is 8.50. The molecule has 0 spiro atoms. The average molecular weight is 267 g/mol. The third-order valence-corrected chi connectivity index (χ3v) is 4.89. The maximum Gasteiger partial charge on any atom is 0.0235 e. The van der Waals surface area contributed by atoms with Crippen LogP contribution in [-0.2, 0) is 0 Å². The second-order valence-corrected chi connectivity index (χ2v) is 6.42. The van der Waals surface area contributed by atoms with E-state index in [1.54, 1.807) is 0 Å². The Bertz CT molecular complexity index is 238. The monoisotopic (exact) mass is 267 g/mol. The van der Waals surface area contributed by atoms with Crippen LogP contribution in [0.3, 0.4) is 0 Å². The Labute approximate surface area is 119 Å². The fourth-order valence-electron chi connectivity index (χ4n) is 3.55. The zero-order valence-corrected chi connectivity index (χ0v) is 13.0. The van der Waals surface area contributed by atoms with E-state index in [4.69, 9.17) is 0 Å². The van der Waals surface area contributed by atoms with Crippen LogP contribution in [0.5, 0.6) is 0 Å². The molecule has 0 amide bonds. The molecule has 0 aliphatic carbocycles. The van der Waals surface area contributed by atoms with E-state index in [-0.39, 0.29) is 0 Å². The quantitative estimate of drug-likeness (QED) is 0.714. The van der Waals surface area contributed by atoms with Crippen molar-refractivity contribution in [1.82, 2.24) is 15.1 Å². The van der Waals surface area contributed by atoms with Crippen LogP contribution in [0, 0.1) is 0 Å². The highest BCUT2D eigenvalue weighted by molar-refractivity contribution is 4.87. The van der Waals surface area contributed by atoms with Gasteiger partial charge in [-0.1, -0.05) is 13.3 Å². The van der Waals surface area contributed by atoms with Crippen molar-refractivity contribution in [3.05, 3.63) is 0 Å². The summed E-state index contributed by atoms with van der Waals surface area (Å²) in [4.78, 5) is 5.47. The maximum absolute atomic E-state index is 3.53. The zero-order valence-electron chi connectivity index (χ0n) is 13.0. The van der Waals surface area contributed by atoms with Crippen LogP contribution in [0.25, 0.3) is 0 Å². The summed E-state index contributed by atoms with van der Waals surface area (Å²) in [6, 6.07) is 1.60. The summed E-state index contributed by atoms with van der Waals surface area (Å²) in [7, 11) is 0. The van der Waals surface area contributed by atoms with Gasteiger partial charge in [-0.15, -0.1) is 0 Å². The number of hydrogen-bond acceptors (Lipinski definition) is 3. The van der Waals surface area contributed by atoms with Crippen LogP contribution in [0.1, 0.15) is 52.4 Å². The van der Waals surface area contributed by atoms with Crippen LogP contribution in [0.4, 0.5) is 0 Å². The van der Waals surface area contributed by atoms with Crippen molar-refractivity contribution in [2.75, 3.05) is 39.3 Å². The molecule has 2 rings (SSSR count). The summed E-state index contributed by atoms with van der Waals surface area (Å²) in [5.74, 6) is 0. The van der Waals surface area contributed by atoms with Gasteiger partial charge < -0.3 is 5.32 Å². The molecule has 2 aliphatic heterocycles. The molecule has 0 aromatic rings. The van der Waals surface area contributed by atoms with Gasteiger partial charge in [0.1, 0.15) is 0 Å². The van der Waals surface area contributed by atoms with Gasteiger partial charge in [0.25, 0.3) is 0 Å². The van der Waals surface area contributed by atoms with Crippen molar-refractivity contribution in [2.45, 2.75) is 64.5 Å². The second-order valence-electron chi connectivity index (χ2n) is 6.42. The lowest BCUT2D eigenvalue weighted by Crippen LogP contribution is -2.42. The van der Waals surface area contributed by atoms with Crippen molar-refractivity contribution in [3.8, 4) is 0 Å². The van der Waals surface area contributed by atoms with E-state index < -0.39 is 0 Å². The van der Waals surface area contributed by atoms with Gasteiger partial charge in [0, 0.05) is 25.2 Å². The van der Waals surface area contributed by atoms with Crippen molar-refractivity contribution in [3.63, 3.8) is 0 Å². The molecule has 0 radical (unpaired) electrons. The van der Waals surface area contributed by atoms with E-state index in [9.17, 15) is 0 Å². The van der Waals surface area contributed by atoms with E-state index in [0.717, 1.165) is 12.1 Å². The summed E-state index contributed by atoms with van der Waals surface area (Å²) in [5, 5.41) is 3.53. The van der Waals surface area contributed by atoms with E-state index in [1.807, 2.05) is 0 Å². The van der Waals surface area contributed by atoms with Gasteiger partial charge in [-0.2, -0.15) is 0 Å². The molecule has 0 saturated carbocycles. The lowest BCUT2D eigenvalue weighted by atomic mass is 10.1. The van der Waals surface area contributed by atoms with Gasteiger partial charge in [0.15, 0.2) is 0 Å². The number of likely N-dealkylation sites (tertiary alicyclic amines) is 2. The Hall–Kier alpha value is -0.120. The Kier molecular flexibility index (Phi) is 6.62. The Balaban J connectivity index is 1.65. The van der Waals surface area contributed by atoms with Crippen molar-refractivity contribution < 1.29 is 0 Å². The molecule has 2 saturated heterocycles. The largest absolute Gasteiger partial charge is 0.317 e. The summed E-state index contributed by atoms with van der Waals surface area (Å²) in [6.45, 7) is 12.3. The molecule has 3 heteroatoms. The number of hydrogen-bond donors (Lipinski definition) is 1. The molecule has 2 atom stereocenters. The van der Waals surface area contributed by atoms with Gasteiger partial charge in [-0.25, -0.2) is 0 Å². The molecule has 2 unspecified atom stereocenters. The number of rotatable bonds is 7. The molecule has 19 heavy (non-hydrogen) atoms. The fourth-order valence-corrected chi connectivity index (χ4v) is 3.55. The molecular formula is C16H33N3. The van der Waals surface area contributed by atoms with Gasteiger partial charge in [0.2, 0.25) is 0 Å². The highest BCUT2D eigenvalue weighted by atomic mass is 15.3. The lowest BCUT2D eigenvalue weighted by molar-refractivity contribution is 0.152. The molecule has 0 aromatic heterocycles.